The molecule has 1 atom stereocenters. The van der Waals surface area contributed by atoms with Gasteiger partial charge in [-0.1, -0.05) is 0 Å². The number of nitrogens with two attached hydrogens (primary N) is 1. The molecule has 1 aliphatic rings. The molecule has 2 N–H and O–H groups in total. The third-order valence-electron chi connectivity index (χ3n) is 2.88. The largest absolute Gasteiger partial charge is 0.330 e. The summed E-state index contributed by atoms with van der Waals surface area (Å²) in [6.07, 6.45) is 2.30. The van der Waals surface area contributed by atoms with E-state index < -0.39 is 0 Å². The molecule has 0 spiro atoms. The summed E-state index contributed by atoms with van der Waals surface area (Å²) in [4.78, 5) is 0. The van der Waals surface area contributed by atoms with Gasteiger partial charge in [0.25, 0.3) is 0 Å². The van der Waals surface area contributed by atoms with Crippen molar-refractivity contribution in [2.45, 2.75) is 25.7 Å². The molecule has 0 aromatic carbocycles. The van der Waals surface area contributed by atoms with Crippen molar-refractivity contribution >= 4 is 0 Å². The van der Waals surface area contributed by atoms with Gasteiger partial charge < -0.3 is 5.73 Å². The van der Waals surface area contributed by atoms with Gasteiger partial charge in [0, 0.05) is 24.2 Å². The molecular weight excluding hydrogens is 150 g/mol. The Morgan fingerprint density at radius 3 is 3.08 bits per heavy atom. The second-order valence-corrected chi connectivity index (χ2v) is 3.54. The third kappa shape index (κ3) is 0.894. The van der Waals surface area contributed by atoms with Crippen LogP contribution in [0.25, 0.3) is 0 Å². The highest BCUT2D eigenvalue weighted by atomic mass is 15.3. The van der Waals surface area contributed by atoms with E-state index in [9.17, 15) is 0 Å². The predicted molar refractivity (Wildman–Crippen MR) is 48.1 cm³/mol. The molecule has 66 valence electrons. The zero-order chi connectivity index (χ0) is 8.72. The highest BCUT2D eigenvalue weighted by Gasteiger charge is 2.26. The van der Waals surface area contributed by atoms with Crippen molar-refractivity contribution in [3.05, 3.63) is 17.0 Å². The van der Waals surface area contributed by atoms with E-state index in [1.807, 2.05) is 11.7 Å². The molecule has 0 amide bonds. The van der Waals surface area contributed by atoms with E-state index in [2.05, 4.69) is 12.0 Å². The topological polar surface area (TPSA) is 43.8 Å². The van der Waals surface area contributed by atoms with E-state index in [4.69, 9.17) is 5.73 Å². The number of nitrogens with zero attached hydrogens (tertiary/aromatic N) is 2. The normalized spacial score (nSPS) is 21.4. The summed E-state index contributed by atoms with van der Waals surface area (Å²) in [7, 11) is 2.00. The van der Waals surface area contributed by atoms with Crippen molar-refractivity contribution in [2.75, 3.05) is 6.54 Å². The number of fused-ring (bicyclic) bond motifs is 1. The fourth-order valence-electron chi connectivity index (χ4n) is 2.10. The summed E-state index contributed by atoms with van der Waals surface area (Å²) in [6.45, 7) is 2.89. The summed E-state index contributed by atoms with van der Waals surface area (Å²) in [5.41, 5.74) is 9.67. The SMILES string of the molecule is Cc1c2c(nn1C)CCC2CN. The lowest BCUT2D eigenvalue weighted by Crippen LogP contribution is -2.10. The van der Waals surface area contributed by atoms with Crippen molar-refractivity contribution in [2.24, 2.45) is 12.8 Å². The Balaban J connectivity index is 2.48. The second kappa shape index (κ2) is 2.59. The molecule has 1 aromatic heterocycles. The van der Waals surface area contributed by atoms with Crippen LogP contribution in [0.5, 0.6) is 0 Å². The van der Waals surface area contributed by atoms with Crippen molar-refractivity contribution < 1.29 is 0 Å². The molecule has 3 heteroatoms. The van der Waals surface area contributed by atoms with Gasteiger partial charge in [0.1, 0.15) is 0 Å². The minimum absolute atomic E-state index is 0.564. The van der Waals surface area contributed by atoms with E-state index in [0.29, 0.717) is 5.92 Å². The molecule has 0 aliphatic heterocycles. The van der Waals surface area contributed by atoms with Crippen molar-refractivity contribution in [1.82, 2.24) is 9.78 Å². The smallest absolute Gasteiger partial charge is 0.0662 e. The Kier molecular flexibility index (Phi) is 1.68. The molecule has 1 aromatic rings. The fourth-order valence-corrected chi connectivity index (χ4v) is 2.10. The van der Waals surface area contributed by atoms with E-state index in [1.54, 1.807) is 0 Å². The predicted octanol–water partition coefficient (Wildman–Crippen LogP) is 0.717. The Labute approximate surface area is 72.6 Å². The van der Waals surface area contributed by atoms with Crippen LogP contribution in [0.3, 0.4) is 0 Å². The number of hydrogen-bond donors (Lipinski definition) is 1. The van der Waals surface area contributed by atoms with Crippen molar-refractivity contribution in [1.29, 1.82) is 0 Å². The van der Waals surface area contributed by atoms with Crippen LogP contribution in [0.4, 0.5) is 0 Å². The number of aromatic nitrogens is 2. The first-order valence-electron chi connectivity index (χ1n) is 4.46. The monoisotopic (exact) mass is 165 g/mol. The third-order valence-corrected chi connectivity index (χ3v) is 2.88. The lowest BCUT2D eigenvalue weighted by Gasteiger charge is -2.07. The molecule has 1 aliphatic carbocycles. The Hall–Kier alpha value is -0.830. The van der Waals surface area contributed by atoms with Gasteiger partial charge >= 0.3 is 0 Å². The first-order chi connectivity index (χ1) is 5.74. The summed E-state index contributed by atoms with van der Waals surface area (Å²) in [5.74, 6) is 0.564. The lowest BCUT2D eigenvalue weighted by atomic mass is 10.0. The van der Waals surface area contributed by atoms with E-state index in [1.165, 1.54) is 23.4 Å². The highest BCUT2D eigenvalue weighted by Crippen LogP contribution is 2.33. The first-order valence-corrected chi connectivity index (χ1v) is 4.46. The van der Waals surface area contributed by atoms with Gasteiger partial charge in [0.15, 0.2) is 0 Å². The van der Waals surface area contributed by atoms with Crippen LogP contribution in [0.1, 0.15) is 29.3 Å². The molecule has 3 nitrogen and oxygen atoms in total. The summed E-state index contributed by atoms with van der Waals surface area (Å²) < 4.78 is 1.96. The molecule has 0 bridgehead atoms. The van der Waals surface area contributed by atoms with E-state index in [0.717, 1.165) is 13.0 Å². The van der Waals surface area contributed by atoms with Crippen LogP contribution in [-0.2, 0) is 13.5 Å². The van der Waals surface area contributed by atoms with Crippen LogP contribution in [0.15, 0.2) is 0 Å². The fraction of sp³-hybridized carbons (Fsp3) is 0.667. The average Bonchev–Trinajstić information content (AvgIpc) is 2.55. The quantitative estimate of drug-likeness (QED) is 0.666. The standard InChI is InChI=1S/C9H15N3/c1-6-9-7(5-10)3-4-8(9)11-12(6)2/h7H,3-5,10H2,1-2H3. The zero-order valence-electron chi connectivity index (χ0n) is 7.67. The van der Waals surface area contributed by atoms with Gasteiger partial charge in [-0.3, -0.25) is 4.68 Å². The summed E-state index contributed by atoms with van der Waals surface area (Å²) in [6, 6.07) is 0. The molecule has 0 saturated heterocycles. The Bertz CT molecular complexity index is 301. The Morgan fingerprint density at radius 1 is 1.67 bits per heavy atom. The van der Waals surface area contributed by atoms with Gasteiger partial charge in [-0.25, -0.2) is 0 Å². The van der Waals surface area contributed by atoms with Crippen LogP contribution in [-0.4, -0.2) is 16.3 Å². The molecule has 12 heavy (non-hydrogen) atoms. The maximum atomic E-state index is 5.69. The van der Waals surface area contributed by atoms with Crippen molar-refractivity contribution in [3.63, 3.8) is 0 Å². The van der Waals surface area contributed by atoms with Crippen LogP contribution in [0, 0.1) is 6.92 Å². The summed E-state index contributed by atoms with van der Waals surface area (Å²) >= 11 is 0. The maximum Gasteiger partial charge on any atom is 0.0662 e. The lowest BCUT2D eigenvalue weighted by molar-refractivity contribution is 0.646. The highest BCUT2D eigenvalue weighted by molar-refractivity contribution is 5.34. The zero-order valence-corrected chi connectivity index (χ0v) is 7.67. The van der Waals surface area contributed by atoms with Gasteiger partial charge in [0.05, 0.1) is 5.69 Å². The van der Waals surface area contributed by atoms with Gasteiger partial charge in [-0.15, -0.1) is 0 Å². The summed E-state index contributed by atoms with van der Waals surface area (Å²) in [5, 5.41) is 4.45. The molecule has 2 rings (SSSR count). The molecule has 0 saturated carbocycles. The van der Waals surface area contributed by atoms with E-state index in [-0.39, 0.29) is 0 Å². The Morgan fingerprint density at radius 2 is 2.42 bits per heavy atom. The molecule has 0 radical (unpaired) electrons. The number of rotatable bonds is 1. The minimum atomic E-state index is 0.564. The van der Waals surface area contributed by atoms with Crippen LogP contribution in [0.2, 0.25) is 0 Å². The van der Waals surface area contributed by atoms with E-state index >= 15 is 0 Å². The van der Waals surface area contributed by atoms with Gasteiger partial charge in [0.2, 0.25) is 0 Å². The van der Waals surface area contributed by atoms with Gasteiger partial charge in [-0.2, -0.15) is 5.10 Å². The van der Waals surface area contributed by atoms with Gasteiger partial charge in [-0.05, 0) is 26.3 Å². The molecular formula is C9H15N3. The first kappa shape index (κ1) is 7.80. The van der Waals surface area contributed by atoms with Crippen LogP contribution >= 0.6 is 0 Å². The molecule has 1 heterocycles. The minimum Gasteiger partial charge on any atom is -0.330 e. The van der Waals surface area contributed by atoms with Crippen LogP contribution < -0.4 is 5.73 Å². The molecule has 0 fully saturated rings. The number of aryl methyl sites for hydroxylation is 2. The number of hydrogen-bond acceptors (Lipinski definition) is 2. The second-order valence-electron chi connectivity index (χ2n) is 3.54. The molecule has 1 unspecified atom stereocenters. The van der Waals surface area contributed by atoms with Crippen molar-refractivity contribution in [3.8, 4) is 0 Å². The average molecular weight is 165 g/mol. The maximum absolute atomic E-state index is 5.69.